The van der Waals surface area contributed by atoms with Crippen molar-refractivity contribution in [2.75, 3.05) is 5.32 Å². The number of carbonyl (C=O) groups is 1. The van der Waals surface area contributed by atoms with Crippen LogP contribution < -0.4 is 5.32 Å². The highest BCUT2D eigenvalue weighted by Gasteiger charge is 2.19. The fourth-order valence-electron chi connectivity index (χ4n) is 2.68. The Hall–Kier alpha value is -2.20. The van der Waals surface area contributed by atoms with Crippen LogP contribution in [0.3, 0.4) is 0 Å². The highest BCUT2D eigenvalue weighted by Crippen LogP contribution is 2.29. The molecule has 1 unspecified atom stereocenters. The highest BCUT2D eigenvalue weighted by molar-refractivity contribution is 7.22. The molecule has 0 aliphatic rings. The van der Waals surface area contributed by atoms with Crippen molar-refractivity contribution in [3.8, 4) is 0 Å². The molecule has 3 rings (SSSR count). The number of aromatic nitrogens is 1. The number of fused-ring (bicyclic) bond motifs is 1. The third-order valence-corrected chi connectivity index (χ3v) is 5.09. The number of nitrogens with one attached hydrogen (secondary N) is 1. The molecule has 1 heterocycles. The third kappa shape index (κ3) is 3.27. The van der Waals surface area contributed by atoms with E-state index in [1.165, 1.54) is 22.5 Å². The Morgan fingerprint density at radius 2 is 1.87 bits per heavy atom. The molecule has 3 aromatic rings. The summed E-state index contributed by atoms with van der Waals surface area (Å²) >= 11 is 1.53. The van der Waals surface area contributed by atoms with Gasteiger partial charge in [0.05, 0.1) is 16.1 Å². The molecule has 1 amide bonds. The van der Waals surface area contributed by atoms with Gasteiger partial charge in [0.15, 0.2) is 5.13 Å². The summed E-state index contributed by atoms with van der Waals surface area (Å²) in [6.07, 6.45) is 0.763. The molecule has 23 heavy (non-hydrogen) atoms. The Labute approximate surface area is 140 Å². The second-order valence-electron chi connectivity index (χ2n) is 5.78. The van der Waals surface area contributed by atoms with Crippen molar-refractivity contribution in [1.82, 2.24) is 4.98 Å². The summed E-state index contributed by atoms with van der Waals surface area (Å²) in [5.74, 6) is -0.141. The monoisotopic (exact) mass is 324 g/mol. The van der Waals surface area contributed by atoms with Gasteiger partial charge < -0.3 is 5.32 Å². The molecule has 0 fully saturated rings. The average molecular weight is 324 g/mol. The van der Waals surface area contributed by atoms with Gasteiger partial charge in [0.1, 0.15) is 0 Å². The number of amides is 1. The summed E-state index contributed by atoms with van der Waals surface area (Å²) in [6, 6.07) is 14.1. The zero-order chi connectivity index (χ0) is 16.4. The smallest absolute Gasteiger partial charge is 0.233 e. The zero-order valence-electron chi connectivity index (χ0n) is 13.6. The van der Waals surface area contributed by atoms with Crippen LogP contribution in [0.25, 0.3) is 10.2 Å². The van der Waals surface area contributed by atoms with E-state index in [1.54, 1.807) is 0 Å². The second-order valence-corrected chi connectivity index (χ2v) is 6.81. The number of hydrogen-bond donors (Lipinski definition) is 1. The van der Waals surface area contributed by atoms with Gasteiger partial charge in [-0.15, -0.1) is 0 Å². The summed E-state index contributed by atoms with van der Waals surface area (Å²) < 4.78 is 1.11. The molecule has 0 bridgehead atoms. The maximum Gasteiger partial charge on any atom is 0.233 e. The van der Waals surface area contributed by atoms with Crippen LogP contribution in [0.2, 0.25) is 0 Å². The number of hydrogen-bond acceptors (Lipinski definition) is 3. The summed E-state index contributed by atoms with van der Waals surface area (Å²) in [6.45, 7) is 6.20. The lowest BCUT2D eigenvalue weighted by Crippen LogP contribution is -2.20. The first-order valence-corrected chi connectivity index (χ1v) is 8.63. The van der Waals surface area contributed by atoms with E-state index >= 15 is 0 Å². The summed E-state index contributed by atoms with van der Waals surface area (Å²) in [5.41, 5.74) is 4.45. The van der Waals surface area contributed by atoms with Crippen LogP contribution in [0.1, 0.15) is 36.0 Å². The molecule has 0 aliphatic heterocycles. The molecule has 0 radical (unpaired) electrons. The van der Waals surface area contributed by atoms with E-state index in [0.717, 1.165) is 22.2 Å². The Kier molecular flexibility index (Phi) is 4.44. The molecule has 0 saturated heterocycles. The lowest BCUT2D eigenvalue weighted by Gasteiger charge is -2.13. The maximum absolute atomic E-state index is 12.6. The van der Waals surface area contributed by atoms with Crippen LogP contribution in [0.5, 0.6) is 0 Å². The largest absolute Gasteiger partial charge is 0.301 e. The van der Waals surface area contributed by atoms with Gasteiger partial charge >= 0.3 is 0 Å². The van der Waals surface area contributed by atoms with E-state index in [9.17, 15) is 4.79 Å². The van der Waals surface area contributed by atoms with Crippen LogP contribution in [-0.4, -0.2) is 10.9 Å². The van der Waals surface area contributed by atoms with Gasteiger partial charge in [0, 0.05) is 0 Å². The van der Waals surface area contributed by atoms with E-state index in [2.05, 4.69) is 36.3 Å². The Morgan fingerprint density at radius 3 is 2.57 bits per heavy atom. The van der Waals surface area contributed by atoms with Crippen LogP contribution in [-0.2, 0) is 4.79 Å². The highest BCUT2D eigenvalue weighted by atomic mass is 32.1. The Balaban J connectivity index is 1.84. The van der Waals surface area contributed by atoms with Crippen LogP contribution in [0.15, 0.2) is 42.5 Å². The molecule has 3 nitrogen and oxygen atoms in total. The van der Waals surface area contributed by atoms with Crippen molar-refractivity contribution in [1.29, 1.82) is 0 Å². The molecule has 0 saturated carbocycles. The fraction of sp³-hybridized carbons (Fsp3) is 0.263. The quantitative estimate of drug-likeness (QED) is 0.730. The summed E-state index contributed by atoms with van der Waals surface area (Å²) in [5, 5.41) is 3.66. The molecule has 4 heteroatoms. The van der Waals surface area contributed by atoms with Crippen molar-refractivity contribution in [2.45, 2.75) is 33.1 Å². The van der Waals surface area contributed by atoms with Crippen LogP contribution >= 0.6 is 11.3 Å². The molecular formula is C19H20N2OS. The first-order valence-electron chi connectivity index (χ1n) is 7.82. The van der Waals surface area contributed by atoms with E-state index < -0.39 is 0 Å². The minimum Gasteiger partial charge on any atom is -0.301 e. The second kappa shape index (κ2) is 6.50. The first-order chi connectivity index (χ1) is 11.1. The minimum absolute atomic E-state index is 0.00574. The third-order valence-electron chi connectivity index (χ3n) is 4.16. The minimum atomic E-state index is -0.147. The molecule has 2 aromatic carbocycles. The van der Waals surface area contributed by atoms with Gasteiger partial charge in [-0.3, -0.25) is 4.79 Å². The number of thiazole rings is 1. The van der Waals surface area contributed by atoms with Crippen molar-refractivity contribution in [3.63, 3.8) is 0 Å². The number of anilines is 1. The van der Waals surface area contributed by atoms with Gasteiger partial charge in [0.25, 0.3) is 0 Å². The van der Waals surface area contributed by atoms with E-state index in [1.807, 2.05) is 37.3 Å². The molecular weight excluding hydrogens is 304 g/mol. The number of rotatable bonds is 4. The number of benzene rings is 2. The van der Waals surface area contributed by atoms with Gasteiger partial charge in [0.2, 0.25) is 5.91 Å². The number of carbonyl (C=O) groups excluding carboxylic acids is 1. The molecule has 1 N–H and O–H groups in total. The van der Waals surface area contributed by atoms with Gasteiger partial charge in [-0.2, -0.15) is 0 Å². The maximum atomic E-state index is 12.6. The predicted molar refractivity (Wildman–Crippen MR) is 97.2 cm³/mol. The van der Waals surface area contributed by atoms with E-state index in [4.69, 9.17) is 0 Å². The normalized spacial score (nSPS) is 12.3. The summed E-state index contributed by atoms with van der Waals surface area (Å²) in [4.78, 5) is 17.2. The lowest BCUT2D eigenvalue weighted by atomic mass is 9.96. The Bertz CT molecular complexity index is 800. The zero-order valence-corrected chi connectivity index (χ0v) is 14.4. The van der Waals surface area contributed by atoms with Gasteiger partial charge in [-0.05, 0) is 49.1 Å². The Morgan fingerprint density at radius 1 is 1.17 bits per heavy atom. The molecule has 0 aliphatic carbocycles. The SMILES string of the molecule is CCC(C(=O)Nc1nc2cc(C)c(C)cc2s1)c1ccccc1. The van der Waals surface area contributed by atoms with E-state index in [-0.39, 0.29) is 11.8 Å². The molecule has 118 valence electrons. The first kappa shape index (κ1) is 15.7. The molecule has 0 spiro atoms. The number of nitrogens with zero attached hydrogens (tertiary/aromatic N) is 1. The van der Waals surface area contributed by atoms with Crippen LogP contribution in [0, 0.1) is 13.8 Å². The van der Waals surface area contributed by atoms with Gasteiger partial charge in [-0.1, -0.05) is 48.6 Å². The number of aryl methyl sites for hydroxylation is 2. The molecule has 1 aromatic heterocycles. The van der Waals surface area contributed by atoms with Gasteiger partial charge in [-0.25, -0.2) is 4.98 Å². The summed E-state index contributed by atoms with van der Waals surface area (Å²) in [7, 11) is 0. The van der Waals surface area contributed by atoms with E-state index in [0.29, 0.717) is 5.13 Å². The van der Waals surface area contributed by atoms with Crippen molar-refractivity contribution < 1.29 is 4.79 Å². The van der Waals surface area contributed by atoms with Crippen LogP contribution in [0.4, 0.5) is 5.13 Å². The predicted octanol–water partition coefficient (Wildman–Crippen LogP) is 5.05. The van der Waals surface area contributed by atoms with Crippen molar-refractivity contribution in [3.05, 3.63) is 59.2 Å². The lowest BCUT2D eigenvalue weighted by molar-refractivity contribution is -0.117. The average Bonchev–Trinajstić information content (AvgIpc) is 2.90. The molecule has 1 atom stereocenters. The standard InChI is InChI=1S/C19H20N2OS/c1-4-15(14-8-6-5-7-9-14)18(22)21-19-20-16-10-12(2)13(3)11-17(16)23-19/h5-11,15H,4H2,1-3H3,(H,20,21,22). The van der Waals surface area contributed by atoms with Crippen molar-refractivity contribution in [2.24, 2.45) is 0 Å². The fourth-order valence-corrected chi connectivity index (χ4v) is 3.63. The topological polar surface area (TPSA) is 42.0 Å². The van der Waals surface area contributed by atoms with Crippen molar-refractivity contribution >= 4 is 32.6 Å².